The zero-order chi connectivity index (χ0) is 15.4. The van der Waals surface area contributed by atoms with Gasteiger partial charge in [-0.25, -0.2) is 19.6 Å². The molecule has 0 atom stereocenters. The van der Waals surface area contributed by atoms with Crippen molar-refractivity contribution in [2.75, 3.05) is 5.32 Å². The molecule has 2 aromatic heterocycles. The first kappa shape index (κ1) is 14.3. The number of benzene rings is 1. The second-order valence-electron chi connectivity index (χ2n) is 4.45. The molecule has 8 heteroatoms. The lowest BCUT2D eigenvalue weighted by molar-refractivity contribution is -0.115. The number of hydrogen-bond acceptors (Lipinski definition) is 5. The van der Waals surface area contributed by atoms with Gasteiger partial charge in [-0.15, -0.1) is 0 Å². The fraction of sp³-hybridized carbons (Fsp3) is 0.0714. The summed E-state index contributed by atoms with van der Waals surface area (Å²) in [6.45, 7) is 0. The molecule has 1 aromatic carbocycles. The van der Waals surface area contributed by atoms with E-state index in [0.717, 1.165) is 10.0 Å². The molecule has 7 nitrogen and oxygen atoms in total. The maximum Gasteiger partial charge on any atom is 0.229 e. The molecule has 0 fully saturated rings. The van der Waals surface area contributed by atoms with E-state index in [4.69, 9.17) is 0 Å². The topological polar surface area (TPSA) is 85.6 Å². The number of amides is 1. The molecule has 110 valence electrons. The lowest BCUT2D eigenvalue weighted by Crippen LogP contribution is -2.15. The molecule has 0 saturated carbocycles. The van der Waals surface area contributed by atoms with Crippen LogP contribution in [0.2, 0.25) is 0 Å². The highest BCUT2D eigenvalue weighted by atomic mass is 79.9. The molecule has 0 aliphatic rings. The zero-order valence-electron chi connectivity index (χ0n) is 11.3. The minimum atomic E-state index is -0.148. The molecular formula is C14H11BrN6O. The number of nitrogens with zero attached hydrogens (tertiary/aromatic N) is 5. The number of carbonyl (C=O) groups excluding carboxylic acids is 1. The normalized spacial score (nSPS) is 10.4. The maximum atomic E-state index is 12.0. The third-order valence-electron chi connectivity index (χ3n) is 2.85. The average molecular weight is 359 g/mol. The van der Waals surface area contributed by atoms with Crippen LogP contribution in [0, 0.1) is 0 Å². The molecule has 2 heterocycles. The summed E-state index contributed by atoms with van der Waals surface area (Å²) >= 11 is 3.36. The molecule has 22 heavy (non-hydrogen) atoms. The van der Waals surface area contributed by atoms with Crippen molar-refractivity contribution < 1.29 is 4.79 Å². The molecule has 1 N–H and O–H groups in total. The zero-order valence-corrected chi connectivity index (χ0v) is 12.9. The Morgan fingerprint density at radius 3 is 2.73 bits per heavy atom. The smallest absolute Gasteiger partial charge is 0.229 e. The van der Waals surface area contributed by atoms with Gasteiger partial charge in [0.1, 0.15) is 24.8 Å². The Bertz CT molecular complexity index is 772. The number of halogens is 1. The van der Waals surface area contributed by atoms with E-state index in [-0.39, 0.29) is 12.3 Å². The summed E-state index contributed by atoms with van der Waals surface area (Å²) in [6.07, 6.45) is 4.58. The van der Waals surface area contributed by atoms with Crippen LogP contribution in [-0.2, 0) is 11.2 Å². The third-order valence-corrected chi connectivity index (χ3v) is 3.38. The first-order valence-electron chi connectivity index (χ1n) is 6.42. The van der Waals surface area contributed by atoms with E-state index in [1.54, 1.807) is 6.07 Å². The van der Waals surface area contributed by atoms with Gasteiger partial charge in [-0.3, -0.25) is 4.79 Å². The molecule has 0 radical (unpaired) electrons. The molecule has 0 unspecified atom stereocenters. The quantitative estimate of drug-likeness (QED) is 0.770. The first-order valence-corrected chi connectivity index (χ1v) is 7.21. The van der Waals surface area contributed by atoms with Crippen LogP contribution in [0.1, 0.15) is 5.56 Å². The van der Waals surface area contributed by atoms with Crippen molar-refractivity contribution in [3.05, 3.63) is 59.3 Å². The minimum absolute atomic E-state index is 0.148. The Morgan fingerprint density at radius 2 is 2.00 bits per heavy atom. The van der Waals surface area contributed by atoms with Crippen LogP contribution < -0.4 is 5.32 Å². The van der Waals surface area contributed by atoms with Gasteiger partial charge in [-0.1, -0.05) is 28.1 Å². The standard InChI is InChI=1S/C14H11BrN6O/c15-11-3-1-10(2-4-11)5-14(22)20-12-6-13(18-8-17-12)21-9-16-7-19-21/h1-4,6-9H,5H2,(H,17,18,20,22). The number of nitrogens with one attached hydrogen (secondary N) is 1. The Balaban J connectivity index is 1.69. The number of aromatic nitrogens is 5. The van der Waals surface area contributed by atoms with Gasteiger partial charge in [0.15, 0.2) is 5.82 Å². The fourth-order valence-corrected chi connectivity index (χ4v) is 2.11. The monoisotopic (exact) mass is 358 g/mol. The van der Waals surface area contributed by atoms with Crippen LogP contribution in [0.5, 0.6) is 0 Å². The fourth-order valence-electron chi connectivity index (χ4n) is 1.84. The van der Waals surface area contributed by atoms with Crippen molar-refractivity contribution in [2.24, 2.45) is 0 Å². The molecule has 0 aliphatic carbocycles. The van der Waals surface area contributed by atoms with E-state index >= 15 is 0 Å². The molecular weight excluding hydrogens is 348 g/mol. The van der Waals surface area contributed by atoms with Gasteiger partial charge in [-0.2, -0.15) is 5.10 Å². The molecule has 1 amide bonds. The van der Waals surface area contributed by atoms with Gasteiger partial charge in [0.05, 0.1) is 6.42 Å². The van der Waals surface area contributed by atoms with Gasteiger partial charge < -0.3 is 5.32 Å². The van der Waals surface area contributed by atoms with Crippen LogP contribution in [0.3, 0.4) is 0 Å². The molecule has 3 rings (SSSR count). The van der Waals surface area contributed by atoms with Crippen molar-refractivity contribution in [3.8, 4) is 5.82 Å². The summed E-state index contributed by atoms with van der Waals surface area (Å²) < 4.78 is 2.47. The van der Waals surface area contributed by atoms with Gasteiger partial charge in [0.2, 0.25) is 5.91 Å². The van der Waals surface area contributed by atoms with Crippen LogP contribution >= 0.6 is 15.9 Å². The predicted octanol–water partition coefficient (Wildman–Crippen LogP) is 2.00. The second-order valence-corrected chi connectivity index (χ2v) is 5.37. The SMILES string of the molecule is O=C(Cc1ccc(Br)cc1)Nc1cc(-n2cncn2)ncn1. The summed E-state index contributed by atoms with van der Waals surface area (Å²) in [6, 6.07) is 9.22. The van der Waals surface area contributed by atoms with Gasteiger partial charge in [0, 0.05) is 10.5 Å². The van der Waals surface area contributed by atoms with Crippen LogP contribution in [-0.4, -0.2) is 30.6 Å². The molecule has 0 spiro atoms. The van der Waals surface area contributed by atoms with Gasteiger partial charge in [0.25, 0.3) is 0 Å². The number of hydrogen-bond donors (Lipinski definition) is 1. The molecule has 0 aliphatic heterocycles. The largest absolute Gasteiger partial charge is 0.310 e. The van der Waals surface area contributed by atoms with Crippen LogP contribution in [0.25, 0.3) is 5.82 Å². The van der Waals surface area contributed by atoms with E-state index in [2.05, 4.69) is 41.3 Å². The molecule has 0 saturated heterocycles. The minimum Gasteiger partial charge on any atom is -0.310 e. The summed E-state index contributed by atoms with van der Waals surface area (Å²) in [4.78, 5) is 24.0. The number of rotatable bonds is 4. The van der Waals surface area contributed by atoms with Gasteiger partial charge >= 0.3 is 0 Å². The van der Waals surface area contributed by atoms with Crippen molar-refractivity contribution in [1.82, 2.24) is 24.7 Å². The highest BCUT2D eigenvalue weighted by Gasteiger charge is 2.07. The highest BCUT2D eigenvalue weighted by Crippen LogP contribution is 2.12. The van der Waals surface area contributed by atoms with Crippen molar-refractivity contribution in [2.45, 2.75) is 6.42 Å². The summed E-state index contributed by atoms with van der Waals surface area (Å²) in [5.41, 5.74) is 0.922. The first-order chi connectivity index (χ1) is 10.7. The van der Waals surface area contributed by atoms with E-state index < -0.39 is 0 Å². The Morgan fingerprint density at radius 1 is 1.18 bits per heavy atom. The summed E-state index contributed by atoms with van der Waals surface area (Å²) in [5.74, 6) is 0.805. The Kier molecular flexibility index (Phi) is 4.19. The number of carbonyl (C=O) groups is 1. The maximum absolute atomic E-state index is 12.0. The predicted molar refractivity (Wildman–Crippen MR) is 83.4 cm³/mol. The van der Waals surface area contributed by atoms with E-state index in [0.29, 0.717) is 11.6 Å². The van der Waals surface area contributed by atoms with E-state index in [1.807, 2.05) is 24.3 Å². The van der Waals surface area contributed by atoms with Crippen molar-refractivity contribution in [1.29, 1.82) is 0 Å². The molecule has 3 aromatic rings. The van der Waals surface area contributed by atoms with Gasteiger partial charge in [-0.05, 0) is 17.7 Å². The second kappa shape index (κ2) is 6.44. The van der Waals surface area contributed by atoms with E-state index in [1.165, 1.54) is 23.7 Å². The van der Waals surface area contributed by atoms with Crippen molar-refractivity contribution >= 4 is 27.7 Å². The Labute approximate surface area is 134 Å². The average Bonchev–Trinajstić information content (AvgIpc) is 3.04. The Hall–Kier alpha value is -2.61. The van der Waals surface area contributed by atoms with E-state index in [9.17, 15) is 4.79 Å². The highest BCUT2D eigenvalue weighted by molar-refractivity contribution is 9.10. The molecule has 0 bridgehead atoms. The lowest BCUT2D eigenvalue weighted by atomic mass is 10.1. The van der Waals surface area contributed by atoms with Crippen LogP contribution in [0.15, 0.2) is 53.8 Å². The lowest BCUT2D eigenvalue weighted by Gasteiger charge is -2.06. The third kappa shape index (κ3) is 3.53. The summed E-state index contributed by atoms with van der Waals surface area (Å²) in [7, 11) is 0. The summed E-state index contributed by atoms with van der Waals surface area (Å²) in [5, 5.41) is 6.72. The van der Waals surface area contributed by atoms with Crippen molar-refractivity contribution in [3.63, 3.8) is 0 Å². The van der Waals surface area contributed by atoms with Crippen LogP contribution in [0.4, 0.5) is 5.82 Å². The number of anilines is 1.